The fourth-order valence-electron chi connectivity index (χ4n) is 2.63. The number of ether oxygens (including phenoxy) is 2. The molecule has 0 spiro atoms. The van der Waals surface area contributed by atoms with Gasteiger partial charge >= 0.3 is 11.7 Å². The van der Waals surface area contributed by atoms with Crippen molar-refractivity contribution < 1.29 is 14.3 Å². The van der Waals surface area contributed by atoms with Crippen LogP contribution in [0.4, 0.5) is 0 Å². The van der Waals surface area contributed by atoms with E-state index in [-0.39, 0.29) is 22.4 Å². The van der Waals surface area contributed by atoms with E-state index >= 15 is 0 Å². The van der Waals surface area contributed by atoms with Crippen molar-refractivity contribution in [1.29, 1.82) is 0 Å². The zero-order valence-corrected chi connectivity index (χ0v) is 17.5. The van der Waals surface area contributed by atoms with Crippen LogP contribution in [0.3, 0.4) is 0 Å². The van der Waals surface area contributed by atoms with Crippen molar-refractivity contribution in [3.05, 3.63) is 72.8 Å². The van der Waals surface area contributed by atoms with Crippen LogP contribution in [0.2, 0.25) is 10.0 Å². The Morgan fingerprint density at radius 3 is 2.57 bits per heavy atom. The molecule has 0 aliphatic heterocycles. The Morgan fingerprint density at radius 1 is 1.23 bits per heavy atom. The number of para-hydroxylation sites is 1. The zero-order valence-electron chi connectivity index (χ0n) is 16.0. The van der Waals surface area contributed by atoms with E-state index in [1.54, 1.807) is 31.2 Å². The van der Waals surface area contributed by atoms with Gasteiger partial charge in [0.2, 0.25) is 0 Å². The van der Waals surface area contributed by atoms with E-state index in [0.717, 1.165) is 0 Å². The van der Waals surface area contributed by atoms with Gasteiger partial charge in [-0.2, -0.15) is 5.10 Å². The van der Waals surface area contributed by atoms with Gasteiger partial charge in [-0.1, -0.05) is 35.3 Å². The van der Waals surface area contributed by atoms with E-state index in [0.29, 0.717) is 21.1 Å². The van der Waals surface area contributed by atoms with Gasteiger partial charge in [0.25, 0.3) is 5.56 Å². The van der Waals surface area contributed by atoms with Crippen LogP contribution in [0.5, 0.6) is 5.75 Å². The summed E-state index contributed by atoms with van der Waals surface area (Å²) in [6, 6.07) is 9.56. The van der Waals surface area contributed by atoms with Gasteiger partial charge in [0.05, 0.1) is 33.8 Å². The number of halogens is 2. The van der Waals surface area contributed by atoms with Crippen LogP contribution in [0.25, 0.3) is 10.9 Å². The molecule has 0 bridgehead atoms. The summed E-state index contributed by atoms with van der Waals surface area (Å²) in [7, 11) is 0. The third kappa shape index (κ3) is 4.55. The van der Waals surface area contributed by atoms with Crippen LogP contribution < -0.4 is 16.0 Å². The third-order valence-electron chi connectivity index (χ3n) is 4.04. The second-order valence-corrected chi connectivity index (χ2v) is 6.98. The predicted octanol–water partition coefficient (Wildman–Crippen LogP) is 3.21. The number of H-pyrrole nitrogens is 1. The number of aromatic nitrogens is 2. The van der Waals surface area contributed by atoms with Crippen molar-refractivity contribution in [2.45, 2.75) is 20.0 Å². The zero-order chi connectivity index (χ0) is 21.8. The van der Waals surface area contributed by atoms with Gasteiger partial charge in [0.1, 0.15) is 0 Å². The topological polar surface area (TPSA) is 103 Å². The number of carbonyl (C=O) groups excluding carboxylic acids is 1. The first kappa shape index (κ1) is 21.6. The maximum Gasteiger partial charge on any atom is 0.349 e. The number of esters is 1. The lowest BCUT2D eigenvalue weighted by atomic mass is 10.2. The lowest BCUT2D eigenvalue weighted by Crippen LogP contribution is -2.32. The average molecular weight is 450 g/mol. The standard InChI is InChI=1S/C20H17Cl2N3O5/c1-3-29-19(27)11(2)30-17-14(21)8-12(9-15(17)22)10-23-25-18(26)13-6-4-5-7-16(13)24-20(25)28/h4-11H,3H2,1-2H3,(H,24,28)/t11-/m0/s1. The number of rotatable bonds is 6. The molecule has 3 rings (SSSR count). The highest BCUT2D eigenvalue weighted by molar-refractivity contribution is 6.37. The molecule has 0 aliphatic carbocycles. The molecular formula is C20H17Cl2N3O5. The minimum Gasteiger partial charge on any atom is -0.476 e. The van der Waals surface area contributed by atoms with Gasteiger partial charge in [0.15, 0.2) is 11.9 Å². The number of aromatic amines is 1. The van der Waals surface area contributed by atoms with E-state index in [2.05, 4.69) is 10.1 Å². The maximum atomic E-state index is 12.5. The van der Waals surface area contributed by atoms with E-state index in [4.69, 9.17) is 32.7 Å². The molecule has 0 saturated carbocycles. The number of benzene rings is 2. The van der Waals surface area contributed by atoms with Gasteiger partial charge in [-0.05, 0) is 43.7 Å². The van der Waals surface area contributed by atoms with E-state index in [1.165, 1.54) is 25.3 Å². The Kier molecular flexibility index (Phi) is 6.59. The first-order valence-electron chi connectivity index (χ1n) is 8.92. The normalized spacial score (nSPS) is 12.3. The second kappa shape index (κ2) is 9.15. The maximum absolute atomic E-state index is 12.5. The summed E-state index contributed by atoms with van der Waals surface area (Å²) in [5, 5.41) is 4.53. The smallest absolute Gasteiger partial charge is 0.349 e. The van der Waals surface area contributed by atoms with E-state index < -0.39 is 23.3 Å². The molecule has 156 valence electrons. The summed E-state index contributed by atoms with van der Waals surface area (Å²) < 4.78 is 11.1. The molecule has 1 aromatic heterocycles. The van der Waals surface area contributed by atoms with Crippen LogP contribution in [-0.4, -0.2) is 34.6 Å². The second-order valence-electron chi connectivity index (χ2n) is 6.16. The monoisotopic (exact) mass is 449 g/mol. The minimum absolute atomic E-state index is 0.108. The van der Waals surface area contributed by atoms with E-state index in [1.807, 2.05) is 0 Å². The van der Waals surface area contributed by atoms with Crippen molar-refractivity contribution in [1.82, 2.24) is 9.66 Å². The Labute approximate surface area is 180 Å². The Hall–Kier alpha value is -3.10. The molecule has 0 unspecified atom stereocenters. The predicted molar refractivity (Wildman–Crippen MR) is 115 cm³/mol. The summed E-state index contributed by atoms with van der Waals surface area (Å²) >= 11 is 12.4. The van der Waals surface area contributed by atoms with Crippen LogP contribution in [-0.2, 0) is 9.53 Å². The highest BCUT2D eigenvalue weighted by Crippen LogP contribution is 2.34. The lowest BCUT2D eigenvalue weighted by molar-refractivity contribution is -0.150. The van der Waals surface area contributed by atoms with Gasteiger partial charge < -0.3 is 14.5 Å². The molecule has 3 aromatic rings. The quantitative estimate of drug-likeness (QED) is 0.459. The number of hydrogen-bond donors (Lipinski definition) is 1. The molecule has 1 heterocycles. The molecule has 30 heavy (non-hydrogen) atoms. The third-order valence-corrected chi connectivity index (χ3v) is 4.60. The molecule has 8 nitrogen and oxygen atoms in total. The molecule has 1 atom stereocenters. The largest absolute Gasteiger partial charge is 0.476 e. The molecule has 0 amide bonds. The summed E-state index contributed by atoms with van der Waals surface area (Å²) in [5.41, 5.74) is -0.413. The fourth-order valence-corrected chi connectivity index (χ4v) is 3.23. The summed E-state index contributed by atoms with van der Waals surface area (Å²) in [5.74, 6) is -0.443. The minimum atomic E-state index is -0.908. The van der Waals surface area contributed by atoms with Gasteiger partial charge in [-0.3, -0.25) is 4.79 Å². The molecule has 0 radical (unpaired) electrons. The van der Waals surface area contributed by atoms with Crippen molar-refractivity contribution >= 4 is 46.3 Å². The Balaban J connectivity index is 1.91. The molecular weight excluding hydrogens is 433 g/mol. The van der Waals surface area contributed by atoms with Crippen molar-refractivity contribution in [2.75, 3.05) is 6.61 Å². The van der Waals surface area contributed by atoms with Crippen LogP contribution in [0.1, 0.15) is 19.4 Å². The number of fused-ring (bicyclic) bond motifs is 1. The summed E-state index contributed by atoms with van der Waals surface area (Å²) in [6.45, 7) is 3.42. The Bertz CT molecular complexity index is 1230. The van der Waals surface area contributed by atoms with Gasteiger partial charge in [0, 0.05) is 0 Å². The fraction of sp³-hybridized carbons (Fsp3) is 0.200. The van der Waals surface area contributed by atoms with Crippen molar-refractivity contribution in [3.63, 3.8) is 0 Å². The van der Waals surface area contributed by atoms with E-state index in [9.17, 15) is 14.4 Å². The molecule has 0 saturated heterocycles. The number of hydrogen-bond acceptors (Lipinski definition) is 6. The molecule has 0 aliphatic rings. The molecule has 2 aromatic carbocycles. The first-order chi connectivity index (χ1) is 14.3. The Morgan fingerprint density at radius 2 is 1.90 bits per heavy atom. The van der Waals surface area contributed by atoms with Crippen molar-refractivity contribution in [2.24, 2.45) is 5.10 Å². The number of nitrogens with one attached hydrogen (secondary N) is 1. The van der Waals surface area contributed by atoms with Crippen LogP contribution in [0.15, 0.2) is 51.1 Å². The SMILES string of the molecule is CCOC(=O)[C@H](C)Oc1c(Cl)cc(C=Nn2c(=O)[nH]c3ccccc3c2=O)cc1Cl. The van der Waals surface area contributed by atoms with Crippen molar-refractivity contribution in [3.8, 4) is 5.75 Å². The highest BCUT2D eigenvalue weighted by atomic mass is 35.5. The van der Waals surface area contributed by atoms with Gasteiger partial charge in [-0.25, -0.2) is 9.59 Å². The average Bonchev–Trinajstić information content (AvgIpc) is 2.70. The molecule has 0 fully saturated rings. The van der Waals surface area contributed by atoms with Crippen LogP contribution >= 0.6 is 23.2 Å². The number of nitrogens with zero attached hydrogens (tertiary/aromatic N) is 2. The first-order valence-corrected chi connectivity index (χ1v) is 9.68. The molecule has 10 heteroatoms. The summed E-state index contributed by atoms with van der Waals surface area (Å²) in [4.78, 5) is 39.0. The molecule has 1 N–H and O–H groups in total. The van der Waals surface area contributed by atoms with Gasteiger partial charge in [-0.15, -0.1) is 4.68 Å². The van der Waals surface area contributed by atoms with Crippen LogP contribution in [0, 0.1) is 0 Å². The lowest BCUT2D eigenvalue weighted by Gasteiger charge is -2.16. The highest BCUT2D eigenvalue weighted by Gasteiger charge is 2.19. The number of carbonyl (C=O) groups is 1. The summed E-state index contributed by atoms with van der Waals surface area (Å²) in [6.07, 6.45) is 0.357.